The molecule has 1 heteroatoms. The lowest BCUT2D eigenvalue weighted by Gasteiger charge is -2.34. The topological polar surface area (TPSA) is 17.1 Å². The minimum atomic E-state index is 0.283. The summed E-state index contributed by atoms with van der Waals surface area (Å²) in [5.41, 5.74) is 1.36. The third-order valence-corrected chi connectivity index (χ3v) is 4.86. The molecule has 0 N–H and O–H groups in total. The Morgan fingerprint density at radius 2 is 2.12 bits per heavy atom. The number of hydrogen-bond acceptors (Lipinski definition) is 1. The fraction of sp³-hybridized carbons (Fsp3) is 0.800. The SMILES string of the molecule is C=C1CCC[C@H]2[C@@H]1[C@@H](C(C)=O)C[C@H]2C(C)C. The van der Waals surface area contributed by atoms with Gasteiger partial charge < -0.3 is 0 Å². The second-order valence-corrected chi connectivity index (χ2v) is 6.10. The van der Waals surface area contributed by atoms with Crippen LogP contribution in [0.4, 0.5) is 0 Å². The van der Waals surface area contributed by atoms with Crippen LogP contribution in [-0.2, 0) is 4.79 Å². The molecule has 0 bridgehead atoms. The first-order valence-corrected chi connectivity index (χ1v) is 6.70. The first kappa shape index (κ1) is 11.9. The highest BCUT2D eigenvalue weighted by molar-refractivity contribution is 5.79. The average molecular weight is 220 g/mol. The van der Waals surface area contributed by atoms with Gasteiger partial charge in [0.1, 0.15) is 5.78 Å². The molecule has 0 heterocycles. The van der Waals surface area contributed by atoms with Gasteiger partial charge in [-0.3, -0.25) is 4.79 Å². The molecule has 2 aliphatic carbocycles. The highest BCUT2D eigenvalue weighted by Gasteiger charge is 2.47. The quantitative estimate of drug-likeness (QED) is 0.646. The Hall–Kier alpha value is -0.590. The molecule has 2 aliphatic rings. The van der Waals surface area contributed by atoms with Crippen molar-refractivity contribution in [1.82, 2.24) is 0 Å². The monoisotopic (exact) mass is 220 g/mol. The molecule has 0 amide bonds. The second-order valence-electron chi connectivity index (χ2n) is 6.10. The summed E-state index contributed by atoms with van der Waals surface area (Å²) in [6.45, 7) is 10.6. The van der Waals surface area contributed by atoms with Crippen LogP contribution in [0, 0.1) is 29.6 Å². The maximum atomic E-state index is 11.8. The maximum Gasteiger partial charge on any atom is 0.133 e. The Balaban J connectivity index is 2.26. The molecule has 0 unspecified atom stereocenters. The molecule has 2 fully saturated rings. The molecule has 0 radical (unpaired) electrons. The molecule has 0 spiro atoms. The summed E-state index contributed by atoms with van der Waals surface area (Å²) in [5.74, 6) is 3.39. The minimum absolute atomic E-state index is 0.283. The predicted molar refractivity (Wildman–Crippen MR) is 67.1 cm³/mol. The molecule has 2 rings (SSSR count). The van der Waals surface area contributed by atoms with Gasteiger partial charge in [0.2, 0.25) is 0 Å². The number of ketones is 1. The van der Waals surface area contributed by atoms with Crippen LogP contribution < -0.4 is 0 Å². The van der Waals surface area contributed by atoms with Crippen molar-refractivity contribution in [3.8, 4) is 0 Å². The number of Topliss-reactive ketones (excluding diaryl/α,β-unsaturated/α-hetero) is 1. The molecule has 90 valence electrons. The Morgan fingerprint density at radius 3 is 2.69 bits per heavy atom. The smallest absolute Gasteiger partial charge is 0.133 e. The molecule has 0 aromatic heterocycles. The van der Waals surface area contributed by atoms with Gasteiger partial charge in [0.25, 0.3) is 0 Å². The minimum Gasteiger partial charge on any atom is -0.300 e. The average Bonchev–Trinajstić information content (AvgIpc) is 2.58. The zero-order valence-electron chi connectivity index (χ0n) is 10.8. The van der Waals surface area contributed by atoms with Gasteiger partial charge in [-0.1, -0.05) is 26.0 Å². The van der Waals surface area contributed by atoms with Crippen LogP contribution in [0.1, 0.15) is 46.5 Å². The van der Waals surface area contributed by atoms with Gasteiger partial charge in [0, 0.05) is 5.92 Å². The zero-order valence-corrected chi connectivity index (χ0v) is 10.8. The van der Waals surface area contributed by atoms with Gasteiger partial charge >= 0.3 is 0 Å². The van der Waals surface area contributed by atoms with Crippen molar-refractivity contribution in [2.24, 2.45) is 29.6 Å². The molecule has 0 saturated heterocycles. The summed E-state index contributed by atoms with van der Waals surface area (Å²) in [5, 5.41) is 0. The third-order valence-electron chi connectivity index (χ3n) is 4.86. The van der Waals surface area contributed by atoms with E-state index in [-0.39, 0.29) is 5.92 Å². The van der Waals surface area contributed by atoms with E-state index < -0.39 is 0 Å². The van der Waals surface area contributed by atoms with Gasteiger partial charge in [-0.2, -0.15) is 0 Å². The largest absolute Gasteiger partial charge is 0.300 e. The van der Waals surface area contributed by atoms with Crippen LogP contribution >= 0.6 is 0 Å². The fourth-order valence-corrected chi connectivity index (χ4v) is 4.08. The van der Waals surface area contributed by atoms with E-state index in [1.807, 2.05) is 0 Å². The number of carbonyl (C=O) groups excluding carboxylic acids is 1. The summed E-state index contributed by atoms with van der Waals surface area (Å²) in [4.78, 5) is 11.8. The Kier molecular flexibility index (Phi) is 3.23. The van der Waals surface area contributed by atoms with E-state index in [1.165, 1.54) is 18.4 Å². The fourth-order valence-electron chi connectivity index (χ4n) is 4.08. The predicted octanol–water partition coefficient (Wildman–Crippen LogP) is 3.84. The van der Waals surface area contributed by atoms with Crippen LogP contribution in [0.2, 0.25) is 0 Å². The maximum absolute atomic E-state index is 11.8. The molecule has 0 aliphatic heterocycles. The van der Waals surface area contributed by atoms with Gasteiger partial charge in [0.05, 0.1) is 0 Å². The van der Waals surface area contributed by atoms with E-state index in [0.29, 0.717) is 17.6 Å². The second kappa shape index (κ2) is 4.35. The van der Waals surface area contributed by atoms with Crippen LogP contribution in [0.3, 0.4) is 0 Å². The highest BCUT2D eigenvalue weighted by atomic mass is 16.1. The Bertz CT molecular complexity index is 303. The molecule has 0 aromatic carbocycles. The van der Waals surface area contributed by atoms with Gasteiger partial charge in [-0.25, -0.2) is 0 Å². The van der Waals surface area contributed by atoms with Gasteiger partial charge in [-0.15, -0.1) is 0 Å². The summed E-state index contributed by atoms with van der Waals surface area (Å²) < 4.78 is 0. The van der Waals surface area contributed by atoms with E-state index in [1.54, 1.807) is 6.92 Å². The third kappa shape index (κ3) is 1.85. The van der Waals surface area contributed by atoms with Crippen LogP contribution in [0.15, 0.2) is 12.2 Å². The van der Waals surface area contributed by atoms with Crippen molar-refractivity contribution in [3.63, 3.8) is 0 Å². The van der Waals surface area contributed by atoms with E-state index in [2.05, 4.69) is 20.4 Å². The number of carbonyl (C=O) groups is 1. The number of hydrogen-bond donors (Lipinski definition) is 0. The van der Waals surface area contributed by atoms with Crippen molar-refractivity contribution in [2.75, 3.05) is 0 Å². The summed E-state index contributed by atoms with van der Waals surface area (Å²) in [7, 11) is 0. The van der Waals surface area contributed by atoms with Crippen molar-refractivity contribution >= 4 is 5.78 Å². The summed E-state index contributed by atoms with van der Waals surface area (Å²) in [6, 6.07) is 0. The molecule has 4 atom stereocenters. The van der Waals surface area contributed by atoms with Crippen LogP contribution in [-0.4, -0.2) is 5.78 Å². The van der Waals surface area contributed by atoms with Crippen LogP contribution in [0.25, 0.3) is 0 Å². The molecule has 2 saturated carbocycles. The molecular weight excluding hydrogens is 196 g/mol. The number of rotatable bonds is 2. The van der Waals surface area contributed by atoms with Crippen LogP contribution in [0.5, 0.6) is 0 Å². The van der Waals surface area contributed by atoms with Gasteiger partial charge in [-0.05, 0) is 56.3 Å². The van der Waals surface area contributed by atoms with E-state index in [4.69, 9.17) is 0 Å². The first-order chi connectivity index (χ1) is 7.52. The lowest BCUT2D eigenvalue weighted by atomic mass is 9.71. The lowest BCUT2D eigenvalue weighted by Crippen LogP contribution is -2.27. The van der Waals surface area contributed by atoms with Crippen molar-refractivity contribution in [2.45, 2.75) is 46.5 Å². The number of allylic oxidation sites excluding steroid dienone is 1. The Labute approximate surface area is 99.3 Å². The first-order valence-electron chi connectivity index (χ1n) is 6.70. The standard InChI is InChI=1S/C15H24O/c1-9(2)13-8-14(11(4)16)15-10(3)6-5-7-12(13)15/h9,12-15H,3,5-8H2,1-2,4H3/t12-,13+,14-,15-/m1/s1. The van der Waals surface area contributed by atoms with Crippen molar-refractivity contribution < 1.29 is 4.79 Å². The van der Waals surface area contributed by atoms with Crippen molar-refractivity contribution in [1.29, 1.82) is 0 Å². The van der Waals surface area contributed by atoms with E-state index in [0.717, 1.165) is 24.7 Å². The normalized spacial score (nSPS) is 38.9. The molecule has 0 aromatic rings. The summed E-state index contributed by atoms with van der Waals surface area (Å²) >= 11 is 0. The Morgan fingerprint density at radius 1 is 1.44 bits per heavy atom. The van der Waals surface area contributed by atoms with Crippen molar-refractivity contribution in [3.05, 3.63) is 12.2 Å². The summed E-state index contributed by atoms with van der Waals surface area (Å²) in [6.07, 6.45) is 4.86. The molecular formula is C15H24O. The van der Waals surface area contributed by atoms with E-state index >= 15 is 0 Å². The molecule has 1 nitrogen and oxygen atoms in total. The highest BCUT2D eigenvalue weighted by Crippen LogP contribution is 2.53. The number of fused-ring (bicyclic) bond motifs is 1. The lowest BCUT2D eigenvalue weighted by molar-refractivity contribution is -0.121. The zero-order chi connectivity index (χ0) is 11.9. The van der Waals surface area contributed by atoms with E-state index in [9.17, 15) is 4.79 Å². The molecule has 16 heavy (non-hydrogen) atoms. The van der Waals surface area contributed by atoms with Gasteiger partial charge in [0.15, 0.2) is 0 Å².